The highest BCUT2D eigenvalue weighted by atomic mass is 35.5. The van der Waals surface area contributed by atoms with Crippen LogP contribution in [-0.2, 0) is 23.1 Å². The lowest BCUT2D eigenvalue weighted by Crippen LogP contribution is -2.38. The van der Waals surface area contributed by atoms with E-state index in [1.165, 1.54) is 12.1 Å². The van der Waals surface area contributed by atoms with Crippen molar-refractivity contribution in [2.75, 3.05) is 6.54 Å². The molecule has 3 aromatic rings. The van der Waals surface area contributed by atoms with Crippen LogP contribution in [0.1, 0.15) is 16.1 Å². The molecule has 0 saturated heterocycles. The summed E-state index contributed by atoms with van der Waals surface area (Å²) in [5.74, 6) is -1.24. The number of benzene rings is 2. The standard InChI is InChI=1S/C20H16ClN3O6S/c21-18-17(20(25)26)16-12-22(10-11-23(16)19(18)13-4-2-1-3-5-13)31(29,30)15-8-6-14(7-9-15)24(27)28/h1-9H,10-12H2,(H,25,26). The van der Waals surface area contributed by atoms with Crippen LogP contribution in [0.15, 0.2) is 59.5 Å². The van der Waals surface area contributed by atoms with E-state index in [2.05, 4.69) is 0 Å². The molecule has 31 heavy (non-hydrogen) atoms. The van der Waals surface area contributed by atoms with E-state index in [1.54, 1.807) is 28.8 Å². The molecule has 1 aliphatic rings. The second-order valence-electron chi connectivity index (χ2n) is 6.90. The molecule has 9 nitrogen and oxygen atoms in total. The summed E-state index contributed by atoms with van der Waals surface area (Å²) in [4.78, 5) is 22.0. The lowest BCUT2D eigenvalue weighted by atomic mass is 10.1. The van der Waals surface area contributed by atoms with Gasteiger partial charge < -0.3 is 9.67 Å². The SMILES string of the molecule is O=C(O)c1c(Cl)c(-c2ccccc2)n2c1CN(S(=O)(=O)c1ccc([N+](=O)[O-])cc1)CC2. The molecule has 0 unspecified atom stereocenters. The number of nitro benzene ring substituents is 1. The van der Waals surface area contributed by atoms with Crippen LogP contribution in [0.5, 0.6) is 0 Å². The molecular weight excluding hydrogens is 446 g/mol. The van der Waals surface area contributed by atoms with Crippen LogP contribution in [0.3, 0.4) is 0 Å². The first kappa shape index (κ1) is 21.0. The number of fused-ring (bicyclic) bond motifs is 1. The predicted octanol–water partition coefficient (Wildman–Crippen LogP) is 3.62. The summed E-state index contributed by atoms with van der Waals surface area (Å²) >= 11 is 6.44. The van der Waals surface area contributed by atoms with Crippen molar-refractivity contribution >= 4 is 33.3 Å². The van der Waals surface area contributed by atoms with Gasteiger partial charge in [0.2, 0.25) is 10.0 Å². The van der Waals surface area contributed by atoms with E-state index in [4.69, 9.17) is 11.6 Å². The van der Waals surface area contributed by atoms with Gasteiger partial charge in [0, 0.05) is 30.9 Å². The van der Waals surface area contributed by atoms with Crippen molar-refractivity contribution in [1.29, 1.82) is 0 Å². The van der Waals surface area contributed by atoms with Gasteiger partial charge in [0.05, 0.1) is 27.1 Å². The maximum atomic E-state index is 13.1. The molecule has 0 fully saturated rings. The zero-order valence-corrected chi connectivity index (χ0v) is 17.5. The molecule has 4 rings (SSSR count). The minimum absolute atomic E-state index is 0.0586. The van der Waals surface area contributed by atoms with Gasteiger partial charge in [-0.1, -0.05) is 41.9 Å². The Balaban J connectivity index is 1.76. The molecule has 0 amide bonds. The van der Waals surface area contributed by atoms with Gasteiger partial charge in [0.1, 0.15) is 5.56 Å². The van der Waals surface area contributed by atoms with Gasteiger partial charge >= 0.3 is 5.97 Å². The molecular formula is C20H16ClN3O6S. The number of carboxylic acids is 1. The number of halogens is 1. The van der Waals surface area contributed by atoms with E-state index in [0.29, 0.717) is 5.69 Å². The highest BCUT2D eigenvalue weighted by molar-refractivity contribution is 7.89. The Bertz CT molecular complexity index is 1290. The number of aromatic nitrogens is 1. The molecule has 0 bridgehead atoms. The van der Waals surface area contributed by atoms with Crippen molar-refractivity contribution in [2.45, 2.75) is 18.0 Å². The quantitative estimate of drug-likeness (QED) is 0.457. The van der Waals surface area contributed by atoms with Crippen LogP contribution in [0, 0.1) is 10.1 Å². The molecule has 2 aromatic carbocycles. The molecule has 11 heteroatoms. The Labute approximate surface area is 182 Å². The van der Waals surface area contributed by atoms with Gasteiger partial charge in [-0.05, 0) is 17.7 Å². The van der Waals surface area contributed by atoms with Crippen molar-refractivity contribution < 1.29 is 23.2 Å². The van der Waals surface area contributed by atoms with Crippen molar-refractivity contribution in [3.8, 4) is 11.3 Å². The number of sulfonamides is 1. The highest BCUT2D eigenvalue weighted by Gasteiger charge is 2.35. The number of aromatic carboxylic acids is 1. The maximum absolute atomic E-state index is 13.1. The minimum Gasteiger partial charge on any atom is -0.478 e. The van der Waals surface area contributed by atoms with E-state index in [1.807, 2.05) is 6.07 Å². The third-order valence-corrected chi connectivity index (χ3v) is 7.38. The number of rotatable bonds is 5. The summed E-state index contributed by atoms with van der Waals surface area (Å²) < 4.78 is 29.1. The number of nitro groups is 1. The smallest absolute Gasteiger partial charge is 0.339 e. The molecule has 0 atom stereocenters. The molecule has 160 valence electrons. The predicted molar refractivity (Wildman–Crippen MR) is 113 cm³/mol. The summed E-state index contributed by atoms with van der Waals surface area (Å²) in [5, 5.41) is 20.6. The zero-order valence-electron chi connectivity index (χ0n) is 15.9. The fourth-order valence-corrected chi connectivity index (χ4v) is 5.49. The van der Waals surface area contributed by atoms with Crippen LogP contribution in [-0.4, -0.2) is 39.8 Å². The summed E-state index contributed by atoms with van der Waals surface area (Å²) in [5.41, 5.74) is 1.19. The first-order valence-electron chi connectivity index (χ1n) is 9.16. The van der Waals surface area contributed by atoms with Gasteiger partial charge in [-0.2, -0.15) is 4.31 Å². The van der Waals surface area contributed by atoms with Crippen LogP contribution in [0.25, 0.3) is 11.3 Å². The second kappa shape index (κ2) is 7.80. The van der Waals surface area contributed by atoms with Gasteiger partial charge in [0.25, 0.3) is 5.69 Å². The highest BCUT2D eigenvalue weighted by Crippen LogP contribution is 2.39. The first-order valence-corrected chi connectivity index (χ1v) is 11.0. The number of nitrogens with zero attached hydrogens (tertiary/aromatic N) is 3. The third kappa shape index (κ3) is 3.58. The number of carbonyl (C=O) groups is 1. The van der Waals surface area contributed by atoms with Crippen LogP contribution in [0.2, 0.25) is 5.02 Å². The number of hydrogen-bond acceptors (Lipinski definition) is 5. The zero-order chi connectivity index (χ0) is 22.3. The van der Waals surface area contributed by atoms with E-state index in [0.717, 1.165) is 22.0 Å². The second-order valence-corrected chi connectivity index (χ2v) is 9.21. The third-order valence-electron chi connectivity index (χ3n) is 5.16. The fraction of sp³-hybridized carbons (Fsp3) is 0.150. The van der Waals surface area contributed by atoms with Gasteiger partial charge in [-0.3, -0.25) is 10.1 Å². The van der Waals surface area contributed by atoms with Gasteiger partial charge in [-0.15, -0.1) is 0 Å². The minimum atomic E-state index is -4.00. The Morgan fingerprint density at radius 3 is 2.29 bits per heavy atom. The van der Waals surface area contributed by atoms with Crippen LogP contribution < -0.4 is 0 Å². The van der Waals surface area contributed by atoms with Crippen molar-refractivity contribution in [3.05, 3.63) is 81.0 Å². The lowest BCUT2D eigenvalue weighted by Gasteiger charge is -2.29. The Hall–Kier alpha value is -3.21. The average molecular weight is 462 g/mol. The monoisotopic (exact) mass is 461 g/mol. The molecule has 0 radical (unpaired) electrons. The Kier molecular flexibility index (Phi) is 5.29. The summed E-state index contributed by atoms with van der Waals surface area (Å²) in [6.45, 7) is 0.114. The van der Waals surface area contributed by atoms with E-state index >= 15 is 0 Å². The van der Waals surface area contributed by atoms with Gasteiger partial charge in [-0.25, -0.2) is 13.2 Å². The molecule has 1 aliphatic heterocycles. The lowest BCUT2D eigenvalue weighted by molar-refractivity contribution is -0.384. The van der Waals surface area contributed by atoms with Crippen molar-refractivity contribution in [3.63, 3.8) is 0 Å². The number of non-ortho nitro benzene ring substituents is 1. The number of hydrogen-bond donors (Lipinski definition) is 1. The van der Waals surface area contributed by atoms with Gasteiger partial charge in [0.15, 0.2) is 0 Å². The fourth-order valence-electron chi connectivity index (χ4n) is 3.69. The summed E-state index contributed by atoms with van der Waals surface area (Å²) in [6.07, 6.45) is 0. The van der Waals surface area contributed by atoms with E-state index < -0.39 is 20.9 Å². The normalized spacial score (nSPS) is 14.2. The number of carboxylic acid groups (broad SMARTS) is 1. The van der Waals surface area contributed by atoms with Crippen molar-refractivity contribution in [2.24, 2.45) is 0 Å². The van der Waals surface area contributed by atoms with E-state index in [9.17, 15) is 28.4 Å². The maximum Gasteiger partial charge on any atom is 0.339 e. The molecule has 1 N–H and O–H groups in total. The first-order chi connectivity index (χ1) is 14.7. The van der Waals surface area contributed by atoms with Crippen LogP contribution >= 0.6 is 11.6 Å². The molecule has 2 heterocycles. The molecule has 0 spiro atoms. The Morgan fingerprint density at radius 1 is 1.06 bits per heavy atom. The summed E-state index contributed by atoms with van der Waals surface area (Å²) in [6, 6.07) is 13.6. The van der Waals surface area contributed by atoms with Crippen molar-refractivity contribution in [1.82, 2.24) is 8.87 Å². The van der Waals surface area contributed by atoms with E-state index in [-0.39, 0.29) is 46.5 Å². The molecule has 0 saturated carbocycles. The largest absolute Gasteiger partial charge is 0.478 e. The average Bonchev–Trinajstić information content (AvgIpc) is 3.05. The topological polar surface area (TPSA) is 123 Å². The summed E-state index contributed by atoms with van der Waals surface area (Å²) in [7, 11) is -4.00. The van der Waals surface area contributed by atoms with Crippen LogP contribution in [0.4, 0.5) is 5.69 Å². The molecule has 1 aromatic heterocycles. The molecule has 0 aliphatic carbocycles. The Morgan fingerprint density at radius 2 is 1.71 bits per heavy atom.